The lowest BCUT2D eigenvalue weighted by Gasteiger charge is -2.19. The van der Waals surface area contributed by atoms with Crippen LogP contribution in [0.1, 0.15) is 15.9 Å². The molecule has 68 valence electrons. The summed E-state index contributed by atoms with van der Waals surface area (Å²) in [6.45, 7) is 0.713. The number of benzene rings is 1. The molecule has 0 atom stereocenters. The maximum absolute atomic E-state index is 10.7. The second kappa shape index (κ2) is 3.47. The van der Waals surface area contributed by atoms with Gasteiger partial charge in [-0.1, -0.05) is 15.9 Å². The van der Waals surface area contributed by atoms with Gasteiger partial charge in [0.1, 0.15) is 5.75 Å². The number of carbonyl (C=O) groups excluding carboxylic acids is 1. The third kappa shape index (κ3) is 1.59. The van der Waals surface area contributed by atoms with E-state index in [1.807, 2.05) is 6.07 Å². The highest BCUT2D eigenvalue weighted by Gasteiger charge is 2.15. The van der Waals surface area contributed by atoms with Gasteiger partial charge in [0.25, 0.3) is 0 Å². The van der Waals surface area contributed by atoms with E-state index in [-0.39, 0.29) is 6.79 Å². The summed E-state index contributed by atoms with van der Waals surface area (Å²) >= 11 is 3.31. The van der Waals surface area contributed by atoms with Gasteiger partial charge < -0.3 is 9.47 Å². The Morgan fingerprint density at radius 3 is 3.08 bits per heavy atom. The average molecular weight is 243 g/mol. The van der Waals surface area contributed by atoms with E-state index < -0.39 is 0 Å². The maximum atomic E-state index is 10.7. The van der Waals surface area contributed by atoms with E-state index in [4.69, 9.17) is 9.47 Å². The third-order valence-corrected chi connectivity index (χ3v) is 2.29. The molecule has 4 heteroatoms. The Morgan fingerprint density at radius 1 is 1.46 bits per heavy atom. The van der Waals surface area contributed by atoms with Crippen molar-refractivity contribution in [1.82, 2.24) is 0 Å². The number of fused-ring (bicyclic) bond motifs is 1. The Labute approximate surface area is 83.8 Å². The van der Waals surface area contributed by atoms with Crippen LogP contribution >= 0.6 is 15.9 Å². The molecule has 0 N–H and O–H groups in total. The van der Waals surface area contributed by atoms with Crippen LogP contribution in [0.5, 0.6) is 5.75 Å². The summed E-state index contributed by atoms with van der Waals surface area (Å²) in [7, 11) is 0. The molecule has 0 unspecified atom stereocenters. The Hall–Kier alpha value is -0.870. The molecule has 0 aromatic heterocycles. The first-order chi connectivity index (χ1) is 6.31. The molecule has 3 nitrogen and oxygen atoms in total. The van der Waals surface area contributed by atoms with Crippen LogP contribution in [0, 0.1) is 0 Å². The van der Waals surface area contributed by atoms with Crippen LogP contribution in [0.2, 0.25) is 0 Å². The van der Waals surface area contributed by atoms with Crippen LogP contribution in [0.3, 0.4) is 0 Å². The van der Waals surface area contributed by atoms with Crippen molar-refractivity contribution in [3.8, 4) is 5.75 Å². The summed E-state index contributed by atoms with van der Waals surface area (Å²) in [5.74, 6) is 0.643. The van der Waals surface area contributed by atoms with E-state index in [2.05, 4.69) is 15.9 Å². The van der Waals surface area contributed by atoms with Gasteiger partial charge in [-0.2, -0.15) is 0 Å². The van der Waals surface area contributed by atoms with Gasteiger partial charge in [0.15, 0.2) is 13.1 Å². The summed E-state index contributed by atoms with van der Waals surface area (Å²) in [6.07, 6.45) is 0.787. The molecule has 0 aliphatic carbocycles. The van der Waals surface area contributed by atoms with Gasteiger partial charge in [0.2, 0.25) is 0 Å². The number of halogens is 1. The van der Waals surface area contributed by atoms with E-state index in [1.54, 1.807) is 6.07 Å². The fraction of sp³-hybridized carbons (Fsp3) is 0.222. The molecule has 1 heterocycles. The molecule has 0 saturated carbocycles. The Bertz CT molecular complexity index is 349. The van der Waals surface area contributed by atoms with E-state index in [0.29, 0.717) is 17.9 Å². The number of ether oxygens (including phenoxy) is 2. The van der Waals surface area contributed by atoms with Crippen molar-refractivity contribution in [3.63, 3.8) is 0 Å². The largest absolute Gasteiger partial charge is 0.466 e. The zero-order chi connectivity index (χ0) is 9.26. The number of aldehydes is 1. The van der Waals surface area contributed by atoms with Crippen molar-refractivity contribution in [2.75, 3.05) is 6.79 Å². The van der Waals surface area contributed by atoms with Crippen LogP contribution in [-0.4, -0.2) is 13.1 Å². The predicted octanol–water partition coefficient (Wildman–Crippen LogP) is 2.13. The predicted molar refractivity (Wildman–Crippen MR) is 49.8 cm³/mol. The molecule has 1 aliphatic rings. The molecule has 0 saturated heterocycles. The highest BCUT2D eigenvalue weighted by atomic mass is 79.9. The first-order valence-electron chi connectivity index (χ1n) is 3.79. The van der Waals surface area contributed by atoms with Crippen LogP contribution < -0.4 is 4.74 Å². The third-order valence-electron chi connectivity index (χ3n) is 1.83. The lowest BCUT2D eigenvalue weighted by molar-refractivity contribution is -0.0167. The van der Waals surface area contributed by atoms with Crippen LogP contribution in [-0.2, 0) is 11.3 Å². The summed E-state index contributed by atoms with van der Waals surface area (Å²) < 4.78 is 11.2. The second-order valence-corrected chi connectivity index (χ2v) is 3.63. The summed E-state index contributed by atoms with van der Waals surface area (Å²) in [6, 6.07) is 3.62. The molecular formula is C9H7BrO3. The highest BCUT2D eigenvalue weighted by Crippen LogP contribution is 2.30. The van der Waals surface area contributed by atoms with E-state index >= 15 is 0 Å². The minimum absolute atomic E-state index is 0.218. The molecule has 1 aromatic carbocycles. The number of hydrogen-bond acceptors (Lipinski definition) is 3. The maximum Gasteiger partial charge on any atom is 0.189 e. The van der Waals surface area contributed by atoms with Crippen molar-refractivity contribution in [1.29, 1.82) is 0 Å². The molecule has 0 amide bonds. The molecule has 0 fully saturated rings. The first-order valence-corrected chi connectivity index (χ1v) is 4.58. The van der Waals surface area contributed by atoms with Crippen molar-refractivity contribution in [2.45, 2.75) is 6.61 Å². The fourth-order valence-corrected chi connectivity index (χ4v) is 1.82. The number of hydrogen-bond donors (Lipinski definition) is 0. The highest BCUT2D eigenvalue weighted by molar-refractivity contribution is 9.10. The van der Waals surface area contributed by atoms with Gasteiger partial charge in [-0.3, -0.25) is 4.79 Å². The lowest BCUT2D eigenvalue weighted by atomic mass is 10.1. The standard InChI is InChI=1S/C9H7BrO3/c10-8-1-6(3-11)9-7(2-8)4-12-5-13-9/h1-3H,4-5H2. The van der Waals surface area contributed by atoms with Gasteiger partial charge in [-0.25, -0.2) is 0 Å². The van der Waals surface area contributed by atoms with Crippen LogP contribution in [0.25, 0.3) is 0 Å². The van der Waals surface area contributed by atoms with Gasteiger partial charge in [-0.05, 0) is 12.1 Å². The lowest BCUT2D eigenvalue weighted by Crippen LogP contribution is -2.12. The number of rotatable bonds is 1. The molecule has 1 aromatic rings. The summed E-state index contributed by atoms with van der Waals surface area (Å²) in [5, 5.41) is 0. The smallest absolute Gasteiger partial charge is 0.189 e. The number of carbonyl (C=O) groups is 1. The van der Waals surface area contributed by atoms with Crippen LogP contribution in [0.15, 0.2) is 16.6 Å². The van der Waals surface area contributed by atoms with Gasteiger partial charge in [0, 0.05) is 10.0 Å². The fourth-order valence-electron chi connectivity index (χ4n) is 1.30. The van der Waals surface area contributed by atoms with Crippen molar-refractivity contribution in [2.24, 2.45) is 0 Å². The first kappa shape index (κ1) is 8.72. The zero-order valence-electron chi connectivity index (χ0n) is 6.75. The minimum Gasteiger partial charge on any atom is -0.466 e. The average Bonchev–Trinajstić information content (AvgIpc) is 2.16. The quantitative estimate of drug-likeness (QED) is 0.708. The monoisotopic (exact) mass is 242 g/mol. The van der Waals surface area contributed by atoms with Crippen LogP contribution in [0.4, 0.5) is 0 Å². The Balaban J connectivity index is 2.56. The molecule has 2 rings (SSSR count). The zero-order valence-corrected chi connectivity index (χ0v) is 8.33. The topological polar surface area (TPSA) is 35.5 Å². The Kier molecular flexibility index (Phi) is 2.33. The second-order valence-electron chi connectivity index (χ2n) is 2.71. The molecule has 0 radical (unpaired) electrons. The van der Waals surface area contributed by atoms with Crippen molar-refractivity contribution < 1.29 is 14.3 Å². The van der Waals surface area contributed by atoms with Gasteiger partial charge in [-0.15, -0.1) is 0 Å². The summed E-state index contributed by atoms with van der Waals surface area (Å²) in [4.78, 5) is 10.7. The Morgan fingerprint density at radius 2 is 2.31 bits per heavy atom. The van der Waals surface area contributed by atoms with Gasteiger partial charge in [0.05, 0.1) is 12.2 Å². The van der Waals surface area contributed by atoms with E-state index in [1.165, 1.54) is 0 Å². The molecule has 13 heavy (non-hydrogen) atoms. The van der Waals surface area contributed by atoms with Crippen molar-refractivity contribution >= 4 is 22.2 Å². The molecule has 0 bridgehead atoms. The molecule has 1 aliphatic heterocycles. The molecular weight excluding hydrogens is 236 g/mol. The van der Waals surface area contributed by atoms with Gasteiger partial charge >= 0.3 is 0 Å². The van der Waals surface area contributed by atoms with Crippen molar-refractivity contribution in [3.05, 3.63) is 27.7 Å². The summed E-state index contributed by atoms with van der Waals surface area (Å²) in [5.41, 5.74) is 1.47. The minimum atomic E-state index is 0.218. The van der Waals surface area contributed by atoms with E-state index in [9.17, 15) is 4.79 Å². The normalized spacial score (nSPS) is 14.5. The molecule has 0 spiro atoms. The van der Waals surface area contributed by atoms with E-state index in [0.717, 1.165) is 16.3 Å². The SMILES string of the molecule is O=Cc1cc(Br)cc2c1OCOC2.